The summed E-state index contributed by atoms with van der Waals surface area (Å²) in [6.07, 6.45) is 4.24. The van der Waals surface area contributed by atoms with Gasteiger partial charge in [0.25, 0.3) is 5.91 Å². The Bertz CT molecular complexity index is 519. The molecule has 0 spiro atoms. The Morgan fingerprint density at radius 2 is 2.21 bits per heavy atom. The van der Waals surface area contributed by atoms with Gasteiger partial charge in [-0.15, -0.1) is 0 Å². The summed E-state index contributed by atoms with van der Waals surface area (Å²) in [5.41, 5.74) is 0.573. The van der Waals surface area contributed by atoms with Gasteiger partial charge in [0.1, 0.15) is 5.69 Å². The van der Waals surface area contributed by atoms with Crippen LogP contribution in [0.5, 0.6) is 0 Å². The normalized spacial score (nSPS) is 22.7. The van der Waals surface area contributed by atoms with E-state index in [0.29, 0.717) is 11.7 Å². The molecular formula is C17H29N5O2. The van der Waals surface area contributed by atoms with Crippen LogP contribution in [0.15, 0.2) is 12.3 Å². The number of carbonyl (C=O) groups excluding carboxylic acids is 1. The molecule has 0 bridgehead atoms. The lowest BCUT2D eigenvalue weighted by atomic mass is 10.1. The summed E-state index contributed by atoms with van der Waals surface area (Å²) in [5, 5.41) is 7.93. The Hall–Kier alpha value is -1.44. The lowest BCUT2D eigenvalue weighted by Gasteiger charge is -2.34. The molecule has 2 fully saturated rings. The van der Waals surface area contributed by atoms with Gasteiger partial charge in [-0.3, -0.25) is 14.4 Å². The Kier molecular flexibility index (Phi) is 6.23. The van der Waals surface area contributed by atoms with Gasteiger partial charge in [0.2, 0.25) is 0 Å². The highest BCUT2D eigenvalue weighted by Gasteiger charge is 2.24. The van der Waals surface area contributed by atoms with Crippen LogP contribution < -0.4 is 5.32 Å². The maximum absolute atomic E-state index is 12.7. The van der Waals surface area contributed by atoms with Gasteiger partial charge < -0.3 is 15.0 Å². The Morgan fingerprint density at radius 3 is 2.92 bits per heavy atom. The zero-order valence-electron chi connectivity index (χ0n) is 14.6. The number of hydrogen-bond acceptors (Lipinski definition) is 5. The minimum Gasteiger partial charge on any atom is -0.380 e. The van der Waals surface area contributed by atoms with E-state index in [9.17, 15) is 4.79 Å². The van der Waals surface area contributed by atoms with Crippen molar-refractivity contribution in [3.8, 4) is 0 Å². The quantitative estimate of drug-likeness (QED) is 0.772. The molecule has 1 unspecified atom stereocenters. The van der Waals surface area contributed by atoms with Gasteiger partial charge in [0, 0.05) is 52.1 Å². The number of aromatic nitrogens is 2. The maximum atomic E-state index is 12.7. The number of piperidine rings is 1. The van der Waals surface area contributed by atoms with Gasteiger partial charge in [0.15, 0.2) is 0 Å². The van der Waals surface area contributed by atoms with Crippen molar-refractivity contribution in [2.45, 2.75) is 25.8 Å². The van der Waals surface area contributed by atoms with Crippen LogP contribution >= 0.6 is 0 Å². The van der Waals surface area contributed by atoms with Gasteiger partial charge in [-0.25, -0.2) is 0 Å². The maximum Gasteiger partial charge on any atom is 0.274 e. The van der Waals surface area contributed by atoms with Crippen molar-refractivity contribution in [3.05, 3.63) is 18.0 Å². The third kappa shape index (κ3) is 4.34. The van der Waals surface area contributed by atoms with E-state index in [2.05, 4.69) is 15.3 Å². The molecule has 1 atom stereocenters. The molecule has 2 saturated heterocycles. The molecule has 1 amide bonds. The Labute approximate surface area is 143 Å². The van der Waals surface area contributed by atoms with Crippen molar-refractivity contribution in [2.75, 3.05) is 59.0 Å². The summed E-state index contributed by atoms with van der Waals surface area (Å²) in [5.74, 6) is 0.0574. The summed E-state index contributed by atoms with van der Waals surface area (Å²) in [4.78, 5) is 16.9. The lowest BCUT2D eigenvalue weighted by molar-refractivity contribution is 0.0559. The van der Waals surface area contributed by atoms with Crippen molar-refractivity contribution in [3.63, 3.8) is 0 Å². The zero-order valence-corrected chi connectivity index (χ0v) is 14.6. The molecule has 7 nitrogen and oxygen atoms in total. The molecule has 0 aliphatic carbocycles. The number of piperazine rings is 1. The second kappa shape index (κ2) is 8.60. The lowest BCUT2D eigenvalue weighted by Crippen LogP contribution is -2.49. The predicted octanol–water partition coefficient (Wildman–Crippen LogP) is 0.602. The molecule has 0 aromatic carbocycles. The first-order valence-electron chi connectivity index (χ1n) is 9.13. The molecule has 24 heavy (non-hydrogen) atoms. The highest BCUT2D eigenvalue weighted by molar-refractivity contribution is 5.92. The molecule has 0 saturated carbocycles. The number of ether oxygens (including phenoxy) is 1. The minimum absolute atomic E-state index is 0.0574. The van der Waals surface area contributed by atoms with E-state index >= 15 is 0 Å². The molecule has 2 aliphatic heterocycles. The first kappa shape index (κ1) is 17.4. The highest BCUT2D eigenvalue weighted by atomic mass is 16.5. The average Bonchev–Trinajstić information content (AvgIpc) is 3.13. The second-order valence-corrected chi connectivity index (χ2v) is 6.51. The summed E-state index contributed by atoms with van der Waals surface area (Å²) in [6.45, 7) is 9.86. The third-order valence-electron chi connectivity index (χ3n) is 4.89. The van der Waals surface area contributed by atoms with Gasteiger partial charge in [-0.05, 0) is 32.4 Å². The van der Waals surface area contributed by atoms with Crippen LogP contribution in [0.4, 0.5) is 0 Å². The summed E-state index contributed by atoms with van der Waals surface area (Å²) in [7, 11) is 0. The average molecular weight is 335 g/mol. The van der Waals surface area contributed by atoms with Crippen LogP contribution in [0.25, 0.3) is 0 Å². The number of hydrogen-bond donors (Lipinski definition) is 1. The van der Waals surface area contributed by atoms with Crippen LogP contribution in [0.3, 0.4) is 0 Å². The van der Waals surface area contributed by atoms with Crippen molar-refractivity contribution in [1.82, 2.24) is 24.9 Å². The fourth-order valence-corrected chi connectivity index (χ4v) is 3.39. The minimum atomic E-state index is 0.0574. The first-order chi connectivity index (χ1) is 11.8. The number of rotatable bonds is 6. The molecule has 7 heteroatoms. The van der Waals surface area contributed by atoms with Crippen molar-refractivity contribution in [1.29, 1.82) is 0 Å². The molecule has 3 rings (SSSR count). The molecular weight excluding hydrogens is 306 g/mol. The first-order valence-corrected chi connectivity index (χ1v) is 9.13. The topological polar surface area (TPSA) is 62.6 Å². The number of amides is 1. The van der Waals surface area contributed by atoms with E-state index in [1.807, 2.05) is 28.8 Å². The molecule has 134 valence electrons. The monoisotopic (exact) mass is 335 g/mol. The van der Waals surface area contributed by atoms with Crippen molar-refractivity contribution < 1.29 is 9.53 Å². The van der Waals surface area contributed by atoms with E-state index in [1.165, 1.54) is 0 Å². The van der Waals surface area contributed by atoms with Gasteiger partial charge in [-0.2, -0.15) is 5.10 Å². The molecule has 3 heterocycles. The smallest absolute Gasteiger partial charge is 0.274 e. The fraction of sp³-hybridized carbons (Fsp3) is 0.765. The SMILES string of the molecule is CCOCCN1CCN(C(=O)c2ccn(C3CCCNC3)n2)CC1. The van der Waals surface area contributed by atoms with Gasteiger partial charge in [-0.1, -0.05) is 0 Å². The zero-order chi connectivity index (χ0) is 16.8. The summed E-state index contributed by atoms with van der Waals surface area (Å²) >= 11 is 0. The fourth-order valence-electron chi connectivity index (χ4n) is 3.39. The Balaban J connectivity index is 1.49. The van der Waals surface area contributed by atoms with E-state index in [1.54, 1.807) is 0 Å². The van der Waals surface area contributed by atoms with Crippen LogP contribution in [-0.4, -0.2) is 84.5 Å². The van der Waals surface area contributed by atoms with Gasteiger partial charge >= 0.3 is 0 Å². The molecule has 1 aromatic rings. The third-order valence-corrected chi connectivity index (χ3v) is 4.89. The highest BCUT2D eigenvalue weighted by Crippen LogP contribution is 2.16. The van der Waals surface area contributed by atoms with Crippen LogP contribution in [0.1, 0.15) is 36.3 Å². The van der Waals surface area contributed by atoms with Crippen molar-refractivity contribution >= 4 is 5.91 Å². The molecule has 1 N–H and O–H groups in total. The Morgan fingerprint density at radius 1 is 1.38 bits per heavy atom. The standard InChI is InChI=1S/C17H29N5O2/c1-2-24-13-12-20-8-10-21(11-9-20)17(23)16-5-7-22(19-16)15-4-3-6-18-14-15/h5,7,15,18H,2-4,6,8-14H2,1H3. The number of nitrogens with zero attached hydrogens (tertiary/aromatic N) is 4. The molecule has 0 radical (unpaired) electrons. The van der Waals surface area contributed by atoms with E-state index in [-0.39, 0.29) is 5.91 Å². The predicted molar refractivity (Wildman–Crippen MR) is 92.2 cm³/mol. The molecule has 2 aliphatic rings. The summed E-state index contributed by atoms with van der Waals surface area (Å²) in [6, 6.07) is 2.23. The largest absolute Gasteiger partial charge is 0.380 e. The van der Waals surface area contributed by atoms with E-state index in [0.717, 1.165) is 71.9 Å². The molecule has 1 aromatic heterocycles. The number of nitrogens with one attached hydrogen (secondary N) is 1. The summed E-state index contributed by atoms with van der Waals surface area (Å²) < 4.78 is 7.36. The second-order valence-electron chi connectivity index (χ2n) is 6.51. The van der Waals surface area contributed by atoms with E-state index in [4.69, 9.17) is 4.74 Å². The van der Waals surface area contributed by atoms with Crippen molar-refractivity contribution in [2.24, 2.45) is 0 Å². The van der Waals surface area contributed by atoms with Crippen LogP contribution in [-0.2, 0) is 4.74 Å². The number of carbonyl (C=O) groups is 1. The van der Waals surface area contributed by atoms with Crippen LogP contribution in [0, 0.1) is 0 Å². The van der Waals surface area contributed by atoms with E-state index < -0.39 is 0 Å². The van der Waals surface area contributed by atoms with Crippen LogP contribution in [0.2, 0.25) is 0 Å². The van der Waals surface area contributed by atoms with Gasteiger partial charge in [0.05, 0.1) is 12.6 Å².